The fourth-order valence-corrected chi connectivity index (χ4v) is 4.74. The van der Waals surface area contributed by atoms with Crippen molar-refractivity contribution in [1.29, 1.82) is 5.26 Å². The zero-order valence-corrected chi connectivity index (χ0v) is 18.3. The monoisotopic (exact) mass is 428 g/mol. The van der Waals surface area contributed by atoms with Crippen LogP contribution in [-0.2, 0) is 9.53 Å². The highest BCUT2D eigenvalue weighted by atomic mass is 32.2. The van der Waals surface area contributed by atoms with Crippen molar-refractivity contribution in [2.45, 2.75) is 38.2 Å². The van der Waals surface area contributed by atoms with E-state index in [4.69, 9.17) is 10.00 Å². The molecule has 1 unspecified atom stereocenters. The van der Waals surface area contributed by atoms with Crippen molar-refractivity contribution in [3.63, 3.8) is 0 Å². The Hall–Kier alpha value is -2.43. The van der Waals surface area contributed by atoms with Gasteiger partial charge < -0.3 is 4.74 Å². The average Bonchev–Trinajstić information content (AvgIpc) is 3.12. The summed E-state index contributed by atoms with van der Waals surface area (Å²) in [5.74, 6) is -0.647. The van der Waals surface area contributed by atoms with Gasteiger partial charge in [-0.05, 0) is 56.1 Å². The number of thioether (sulfide) groups is 1. The fourth-order valence-electron chi connectivity index (χ4n) is 2.76. The number of carbonyl (C=O) groups is 1. The number of fused-ring (bicyclic) bond motifs is 1. The lowest BCUT2D eigenvalue weighted by Crippen LogP contribution is -2.28. The second-order valence-electron chi connectivity index (χ2n) is 7.74. The minimum absolute atomic E-state index is 0.302. The Bertz CT molecular complexity index is 1080. The summed E-state index contributed by atoms with van der Waals surface area (Å²) < 4.78 is 25.5. The molecule has 0 bridgehead atoms. The van der Waals surface area contributed by atoms with Gasteiger partial charge in [-0.15, -0.1) is 11.8 Å². The van der Waals surface area contributed by atoms with E-state index in [1.165, 1.54) is 29.4 Å². The summed E-state index contributed by atoms with van der Waals surface area (Å²) in [5.41, 5.74) is 1.54. The largest absolute Gasteiger partial charge is 0.460 e. The predicted molar refractivity (Wildman–Crippen MR) is 115 cm³/mol. The van der Waals surface area contributed by atoms with E-state index in [1.807, 2.05) is 32.9 Å². The number of hydrogen-bond acceptors (Lipinski definition) is 6. The third-order valence-electron chi connectivity index (χ3n) is 4.14. The van der Waals surface area contributed by atoms with Gasteiger partial charge in [0.1, 0.15) is 11.4 Å². The van der Waals surface area contributed by atoms with Crippen LogP contribution in [0.4, 0.5) is 4.39 Å². The molecule has 29 heavy (non-hydrogen) atoms. The van der Waals surface area contributed by atoms with Crippen LogP contribution in [0.25, 0.3) is 21.2 Å². The van der Waals surface area contributed by atoms with E-state index in [2.05, 4.69) is 10.4 Å². The number of rotatable bonds is 5. The van der Waals surface area contributed by atoms with Crippen molar-refractivity contribution < 1.29 is 13.9 Å². The van der Waals surface area contributed by atoms with E-state index in [9.17, 15) is 9.18 Å². The van der Waals surface area contributed by atoms with Crippen LogP contribution in [0, 0.1) is 23.1 Å². The highest BCUT2D eigenvalue weighted by molar-refractivity contribution is 7.99. The molecule has 0 spiro atoms. The molecule has 1 atom stereocenters. The Morgan fingerprint density at radius 2 is 2.03 bits per heavy atom. The molecule has 7 heteroatoms. The van der Waals surface area contributed by atoms with Crippen LogP contribution in [-0.4, -0.2) is 21.7 Å². The van der Waals surface area contributed by atoms with E-state index < -0.39 is 5.60 Å². The lowest BCUT2D eigenvalue weighted by atomic mass is 10.0. The first kappa shape index (κ1) is 21.3. The standard InChI is InChI=1S/C22H21FN2O2S2/c1-13(21(26)27-22(2,3)4)12-28-20-17(23)9-16-11-25-29-19(16)18(20)15-7-5-14(10-24)6-8-15/h5-9,11,13H,12H2,1-4H3. The SMILES string of the molecule is CC(CSc1c(F)cc2cnsc2c1-c1ccc(C#N)cc1)C(=O)OC(C)(C)C. The lowest BCUT2D eigenvalue weighted by molar-refractivity contribution is -0.158. The second-order valence-corrected chi connectivity index (χ2v) is 9.57. The molecule has 0 fully saturated rings. The van der Waals surface area contributed by atoms with Gasteiger partial charge in [0.05, 0.1) is 27.1 Å². The topological polar surface area (TPSA) is 63.0 Å². The maximum atomic E-state index is 15.0. The van der Waals surface area contributed by atoms with Crippen LogP contribution >= 0.6 is 23.3 Å². The van der Waals surface area contributed by atoms with Crippen molar-refractivity contribution in [3.8, 4) is 17.2 Å². The highest BCUT2D eigenvalue weighted by Crippen LogP contribution is 2.41. The molecule has 0 saturated carbocycles. The van der Waals surface area contributed by atoms with Crippen LogP contribution < -0.4 is 0 Å². The summed E-state index contributed by atoms with van der Waals surface area (Å²) in [5, 5.41) is 9.78. The number of nitriles is 1. The van der Waals surface area contributed by atoms with Crippen molar-refractivity contribution in [2.24, 2.45) is 5.92 Å². The van der Waals surface area contributed by atoms with Crippen LogP contribution in [0.15, 0.2) is 41.4 Å². The number of carbonyl (C=O) groups excluding carboxylic acids is 1. The zero-order chi connectivity index (χ0) is 21.2. The number of ether oxygens (including phenoxy) is 1. The van der Waals surface area contributed by atoms with Gasteiger partial charge in [-0.1, -0.05) is 19.1 Å². The van der Waals surface area contributed by atoms with Crippen molar-refractivity contribution in [2.75, 3.05) is 5.75 Å². The summed E-state index contributed by atoms with van der Waals surface area (Å²) in [7, 11) is 0. The van der Waals surface area contributed by atoms with Crippen molar-refractivity contribution >= 4 is 39.3 Å². The van der Waals surface area contributed by atoms with Crippen LogP contribution in [0.3, 0.4) is 0 Å². The molecule has 1 heterocycles. The van der Waals surface area contributed by atoms with Crippen molar-refractivity contribution in [1.82, 2.24) is 4.37 Å². The molecule has 2 aromatic carbocycles. The van der Waals surface area contributed by atoms with E-state index in [0.717, 1.165) is 21.2 Å². The second kappa shape index (κ2) is 8.52. The normalized spacial score (nSPS) is 12.6. The van der Waals surface area contributed by atoms with Crippen LogP contribution in [0.5, 0.6) is 0 Å². The first-order valence-electron chi connectivity index (χ1n) is 9.12. The number of halogens is 1. The summed E-state index contributed by atoms with van der Waals surface area (Å²) >= 11 is 2.60. The molecule has 0 radical (unpaired) electrons. The Morgan fingerprint density at radius 3 is 2.66 bits per heavy atom. The van der Waals surface area contributed by atoms with E-state index in [-0.39, 0.29) is 17.7 Å². The Labute approximate surface area is 177 Å². The van der Waals surface area contributed by atoms with Crippen molar-refractivity contribution in [3.05, 3.63) is 47.9 Å². The molecule has 4 nitrogen and oxygen atoms in total. The van der Waals surface area contributed by atoms with Gasteiger partial charge in [0, 0.05) is 22.9 Å². The summed E-state index contributed by atoms with van der Waals surface area (Å²) in [6.07, 6.45) is 1.65. The number of esters is 1. The maximum Gasteiger partial charge on any atom is 0.310 e. The summed E-state index contributed by atoms with van der Waals surface area (Å²) in [6.45, 7) is 7.26. The molecule has 0 aliphatic rings. The minimum atomic E-state index is -0.559. The van der Waals surface area contributed by atoms with Gasteiger partial charge in [-0.2, -0.15) is 9.64 Å². The quantitative estimate of drug-likeness (QED) is 0.366. The van der Waals surface area contributed by atoms with Gasteiger partial charge in [-0.3, -0.25) is 4.79 Å². The molecule has 3 aromatic rings. The molecule has 0 aliphatic heterocycles. The first-order valence-corrected chi connectivity index (χ1v) is 10.9. The molecular weight excluding hydrogens is 407 g/mol. The summed E-state index contributed by atoms with van der Waals surface area (Å²) in [6, 6.07) is 10.6. The van der Waals surface area contributed by atoms with Gasteiger partial charge in [0.15, 0.2) is 0 Å². The first-order chi connectivity index (χ1) is 13.7. The van der Waals surface area contributed by atoms with Gasteiger partial charge in [0.2, 0.25) is 0 Å². The maximum absolute atomic E-state index is 15.0. The number of aromatic nitrogens is 1. The Balaban J connectivity index is 1.96. The average molecular weight is 429 g/mol. The third-order valence-corrected chi connectivity index (χ3v) is 6.33. The molecule has 0 saturated heterocycles. The third kappa shape index (κ3) is 4.95. The molecule has 1 aromatic heterocycles. The Kier molecular flexibility index (Phi) is 6.25. The van der Waals surface area contributed by atoms with E-state index in [0.29, 0.717) is 16.2 Å². The highest BCUT2D eigenvalue weighted by Gasteiger charge is 2.24. The molecule has 0 N–H and O–H groups in total. The number of benzene rings is 2. The molecule has 0 aliphatic carbocycles. The molecule has 150 valence electrons. The smallest absolute Gasteiger partial charge is 0.310 e. The minimum Gasteiger partial charge on any atom is -0.460 e. The van der Waals surface area contributed by atoms with Gasteiger partial charge in [0.25, 0.3) is 0 Å². The molecular formula is C22H21FN2O2S2. The Morgan fingerprint density at radius 1 is 1.34 bits per heavy atom. The van der Waals surface area contributed by atoms with Gasteiger partial charge >= 0.3 is 5.97 Å². The molecule has 0 amide bonds. The summed E-state index contributed by atoms with van der Waals surface area (Å²) in [4.78, 5) is 12.8. The van der Waals surface area contributed by atoms with Crippen LogP contribution in [0.1, 0.15) is 33.3 Å². The van der Waals surface area contributed by atoms with Gasteiger partial charge in [-0.25, -0.2) is 4.39 Å². The fraction of sp³-hybridized carbons (Fsp3) is 0.318. The van der Waals surface area contributed by atoms with E-state index in [1.54, 1.807) is 25.3 Å². The molecule has 3 rings (SSSR count). The zero-order valence-electron chi connectivity index (χ0n) is 16.7. The lowest BCUT2D eigenvalue weighted by Gasteiger charge is -2.22. The van der Waals surface area contributed by atoms with Crippen LogP contribution in [0.2, 0.25) is 0 Å². The van der Waals surface area contributed by atoms with E-state index >= 15 is 0 Å². The number of hydrogen-bond donors (Lipinski definition) is 0. The number of nitrogens with zero attached hydrogens (tertiary/aromatic N) is 2. The predicted octanol–water partition coefficient (Wildman–Crippen LogP) is 6.04.